The lowest BCUT2D eigenvalue weighted by molar-refractivity contribution is -0.138. The van der Waals surface area contributed by atoms with E-state index in [-0.39, 0.29) is 61.0 Å². The Morgan fingerprint density at radius 3 is 1.40 bits per heavy atom. The average molecular weight is 781 g/mol. The Kier molecular flexibility index (Phi) is 13.8. The second-order valence-electron chi connectivity index (χ2n) is 8.99. The van der Waals surface area contributed by atoms with Crippen molar-refractivity contribution in [2.75, 3.05) is 21.3 Å². The molecule has 4 amide bonds. The summed E-state index contributed by atoms with van der Waals surface area (Å²) in [5.74, 6) is -0.689. The van der Waals surface area contributed by atoms with Crippen LogP contribution in [0.5, 0.6) is 11.5 Å². The van der Waals surface area contributed by atoms with E-state index in [9.17, 15) is 46.1 Å². The third-order valence-electron chi connectivity index (χ3n) is 5.57. The number of amides is 4. The molecule has 4 aromatic rings. The summed E-state index contributed by atoms with van der Waals surface area (Å²) in [5.41, 5.74) is -2.53. The second-order valence-corrected chi connectivity index (χ2v) is 11.1. The minimum absolute atomic E-state index is 0. The first-order valence-electron chi connectivity index (χ1n) is 12.3. The summed E-state index contributed by atoms with van der Waals surface area (Å²) in [6.45, 7) is 0. The number of alkyl halides is 6. The van der Waals surface area contributed by atoms with Crippen molar-refractivity contribution in [1.82, 2.24) is 0 Å². The maximum Gasteiger partial charge on any atom is 0.416 e. The lowest BCUT2D eigenvalue weighted by Gasteiger charge is -2.13. The SMILES string of the molecule is C.O=C(Nc1cc(C(F)(F)F)ccc1Cl)Nc1cc(Cl)cc(Cl)c1O.O=C(Nc1cc(Cl)ccc1O)Nc1cc(C(F)(F)F)ccc1Cl. The summed E-state index contributed by atoms with van der Waals surface area (Å²) in [6.07, 6.45) is -9.15. The Labute approximate surface area is 293 Å². The van der Waals surface area contributed by atoms with E-state index in [1.807, 2.05) is 0 Å². The molecule has 0 atom stereocenters. The molecular weight excluding hydrogens is 760 g/mol. The van der Waals surface area contributed by atoms with Crippen LogP contribution in [0.25, 0.3) is 0 Å². The summed E-state index contributed by atoms with van der Waals surface area (Å²) < 4.78 is 76.1. The highest BCUT2D eigenvalue weighted by Gasteiger charge is 2.32. The van der Waals surface area contributed by atoms with E-state index in [4.69, 9.17) is 58.0 Å². The van der Waals surface area contributed by atoms with Crippen LogP contribution < -0.4 is 21.3 Å². The van der Waals surface area contributed by atoms with Crippen LogP contribution in [-0.2, 0) is 12.4 Å². The normalized spacial score (nSPS) is 11.0. The van der Waals surface area contributed by atoms with Crippen LogP contribution in [0.1, 0.15) is 18.6 Å². The van der Waals surface area contributed by atoms with Crippen molar-refractivity contribution in [2.45, 2.75) is 19.8 Å². The molecule has 0 spiro atoms. The van der Waals surface area contributed by atoms with Gasteiger partial charge in [0.25, 0.3) is 0 Å². The Bertz CT molecular complexity index is 1810. The third-order valence-corrected chi connectivity index (χ3v) is 6.97. The molecule has 19 heteroatoms. The molecule has 0 aliphatic heterocycles. The molecule has 6 N–H and O–H groups in total. The summed E-state index contributed by atoms with van der Waals surface area (Å²) in [7, 11) is 0. The number of carbonyl (C=O) groups excluding carboxylic acids is 2. The molecular formula is C29H21Cl5F6N4O4. The summed E-state index contributed by atoms with van der Waals surface area (Å²) in [6, 6.07) is 9.61. The second kappa shape index (κ2) is 16.4. The van der Waals surface area contributed by atoms with Gasteiger partial charge in [0.2, 0.25) is 0 Å². The molecule has 0 aromatic heterocycles. The molecule has 0 bridgehead atoms. The molecule has 0 saturated heterocycles. The van der Waals surface area contributed by atoms with Crippen molar-refractivity contribution < 1.29 is 46.1 Å². The molecule has 48 heavy (non-hydrogen) atoms. The van der Waals surface area contributed by atoms with Crippen LogP contribution in [0, 0.1) is 0 Å². The van der Waals surface area contributed by atoms with Gasteiger partial charge in [0, 0.05) is 10.0 Å². The predicted molar refractivity (Wildman–Crippen MR) is 176 cm³/mol. The van der Waals surface area contributed by atoms with Crippen molar-refractivity contribution in [1.29, 1.82) is 0 Å². The maximum absolute atomic E-state index is 12.7. The molecule has 258 valence electrons. The fourth-order valence-electron chi connectivity index (χ4n) is 3.42. The number of benzene rings is 4. The van der Waals surface area contributed by atoms with E-state index >= 15 is 0 Å². The highest BCUT2D eigenvalue weighted by Crippen LogP contribution is 2.37. The van der Waals surface area contributed by atoms with Crippen LogP contribution in [-0.4, -0.2) is 22.3 Å². The fourth-order valence-corrected chi connectivity index (χ4v) is 4.41. The third kappa shape index (κ3) is 11.3. The molecule has 8 nitrogen and oxygen atoms in total. The monoisotopic (exact) mass is 778 g/mol. The Morgan fingerprint density at radius 1 is 0.521 bits per heavy atom. The number of phenols is 2. The largest absolute Gasteiger partial charge is 0.506 e. The van der Waals surface area contributed by atoms with E-state index in [0.29, 0.717) is 12.1 Å². The summed E-state index contributed by atoms with van der Waals surface area (Å²) in [5, 5.41) is 28.3. The van der Waals surface area contributed by atoms with Gasteiger partial charge in [-0.2, -0.15) is 26.3 Å². The smallest absolute Gasteiger partial charge is 0.416 e. The number of phenolic OH excluding ortho intramolecular Hbond substituents is 2. The lowest BCUT2D eigenvalue weighted by Crippen LogP contribution is -2.20. The average Bonchev–Trinajstić information content (AvgIpc) is 2.95. The molecule has 0 aliphatic carbocycles. The highest BCUT2D eigenvalue weighted by molar-refractivity contribution is 6.36. The predicted octanol–water partition coefficient (Wildman–Crippen LogP) is 12.0. The van der Waals surface area contributed by atoms with E-state index < -0.39 is 41.3 Å². The van der Waals surface area contributed by atoms with E-state index in [2.05, 4.69) is 21.3 Å². The Balaban J connectivity index is 0.000000327. The molecule has 0 saturated carbocycles. The van der Waals surface area contributed by atoms with Crippen LogP contribution in [0.3, 0.4) is 0 Å². The van der Waals surface area contributed by atoms with Gasteiger partial charge in [0.15, 0.2) is 5.75 Å². The zero-order valence-corrected chi connectivity index (χ0v) is 26.5. The highest BCUT2D eigenvalue weighted by atomic mass is 35.5. The lowest BCUT2D eigenvalue weighted by atomic mass is 10.2. The van der Waals surface area contributed by atoms with Gasteiger partial charge in [-0.15, -0.1) is 0 Å². The molecule has 0 unspecified atom stereocenters. The first-order valence-corrected chi connectivity index (χ1v) is 14.2. The van der Waals surface area contributed by atoms with E-state index in [1.54, 1.807) is 0 Å². The van der Waals surface area contributed by atoms with Crippen molar-refractivity contribution in [3.63, 3.8) is 0 Å². The number of nitrogens with one attached hydrogen (secondary N) is 4. The number of hydrogen-bond donors (Lipinski definition) is 6. The van der Waals surface area contributed by atoms with Crippen LogP contribution in [0.15, 0.2) is 66.7 Å². The topological polar surface area (TPSA) is 123 Å². The maximum atomic E-state index is 12.7. The van der Waals surface area contributed by atoms with Crippen LogP contribution >= 0.6 is 58.0 Å². The number of halogens is 11. The Hall–Kier alpha value is -3.95. The summed E-state index contributed by atoms with van der Waals surface area (Å²) in [4.78, 5) is 23.8. The fraction of sp³-hybridized carbons (Fsp3) is 0.103. The number of carbonyl (C=O) groups is 2. The number of urea groups is 2. The minimum Gasteiger partial charge on any atom is -0.506 e. The number of hydrogen-bond acceptors (Lipinski definition) is 4. The molecule has 0 aliphatic rings. The van der Waals surface area contributed by atoms with Crippen molar-refractivity contribution in [3.05, 3.63) is 103 Å². The van der Waals surface area contributed by atoms with Gasteiger partial charge < -0.3 is 31.5 Å². The van der Waals surface area contributed by atoms with Gasteiger partial charge in [-0.25, -0.2) is 9.59 Å². The number of rotatable bonds is 4. The molecule has 0 heterocycles. The van der Waals surface area contributed by atoms with Crippen LogP contribution in [0.4, 0.5) is 58.7 Å². The van der Waals surface area contributed by atoms with E-state index in [1.165, 1.54) is 30.3 Å². The van der Waals surface area contributed by atoms with Gasteiger partial charge in [-0.3, -0.25) is 0 Å². The van der Waals surface area contributed by atoms with E-state index in [0.717, 1.165) is 24.3 Å². The molecule has 4 rings (SSSR count). The zero-order chi connectivity index (χ0) is 35.3. The summed E-state index contributed by atoms with van der Waals surface area (Å²) >= 11 is 28.7. The molecule has 0 radical (unpaired) electrons. The Morgan fingerprint density at radius 2 is 0.938 bits per heavy atom. The quantitative estimate of drug-likeness (QED) is 0.0912. The van der Waals surface area contributed by atoms with Crippen molar-refractivity contribution >= 4 is 92.8 Å². The van der Waals surface area contributed by atoms with Gasteiger partial charge in [0.1, 0.15) is 5.75 Å². The molecule has 4 aromatic carbocycles. The first kappa shape index (κ1) is 40.2. The molecule has 0 fully saturated rings. The van der Waals surface area contributed by atoms with Gasteiger partial charge >= 0.3 is 24.4 Å². The van der Waals surface area contributed by atoms with Crippen molar-refractivity contribution in [3.8, 4) is 11.5 Å². The van der Waals surface area contributed by atoms with Gasteiger partial charge in [0.05, 0.1) is 48.9 Å². The van der Waals surface area contributed by atoms with Crippen LogP contribution in [0.2, 0.25) is 25.1 Å². The van der Waals surface area contributed by atoms with Gasteiger partial charge in [-0.1, -0.05) is 65.4 Å². The first-order chi connectivity index (χ1) is 21.7. The van der Waals surface area contributed by atoms with Crippen molar-refractivity contribution in [2.24, 2.45) is 0 Å². The minimum atomic E-state index is -4.59. The standard InChI is InChI=1S/C14H8Cl3F3N2O2.C14H9Cl2F3N2O2.CH4/c15-7-4-9(17)12(23)11(5-7)22-13(24)21-10-3-6(14(18,19)20)1-2-8(10)16;15-8-2-4-12(22)11(6-8)21-13(23)20-10-5-7(14(17,18)19)1-3-9(10)16;/h1-5,23H,(H2,21,22,24);1-6,22H,(H2,20,21,23);1H4. The number of aromatic hydroxyl groups is 2. The van der Waals surface area contributed by atoms with Gasteiger partial charge in [-0.05, 0) is 66.7 Å². The number of anilines is 4. The zero-order valence-electron chi connectivity index (χ0n) is 22.7.